The number of aromatic nitrogens is 2. The van der Waals surface area contributed by atoms with Crippen LogP contribution >= 0.6 is 0 Å². The van der Waals surface area contributed by atoms with Crippen LogP contribution in [-0.2, 0) is 9.47 Å². The summed E-state index contributed by atoms with van der Waals surface area (Å²) in [6.45, 7) is 17.9. The zero-order valence-corrected chi connectivity index (χ0v) is 22.3. The number of hydrogen-bond donors (Lipinski definition) is 2. The molecular weight excluding hydrogens is 456 g/mol. The molecule has 1 atom stereocenters. The molecule has 36 heavy (non-hydrogen) atoms. The molecule has 2 saturated heterocycles. The molecule has 2 aliphatic rings. The summed E-state index contributed by atoms with van der Waals surface area (Å²) >= 11 is 0. The van der Waals surface area contributed by atoms with Gasteiger partial charge in [0.05, 0.1) is 36.8 Å². The molecule has 2 fully saturated rings. The molecule has 0 saturated carbocycles. The Morgan fingerprint density at radius 1 is 1.28 bits per heavy atom. The molecular formula is C27H40N6O3. The fourth-order valence-corrected chi connectivity index (χ4v) is 4.80. The smallest absolute Gasteiger partial charge is 0.410 e. The molecule has 2 N–H and O–H groups in total. The second kappa shape index (κ2) is 10.6. The number of pyridine rings is 1. The number of allylic oxidation sites excluding steroid dienone is 1. The predicted molar refractivity (Wildman–Crippen MR) is 143 cm³/mol. The fourth-order valence-electron chi connectivity index (χ4n) is 4.80. The third-order valence-corrected chi connectivity index (χ3v) is 6.68. The van der Waals surface area contributed by atoms with E-state index in [2.05, 4.69) is 21.8 Å². The van der Waals surface area contributed by atoms with Crippen molar-refractivity contribution in [3.05, 3.63) is 36.3 Å². The lowest BCUT2D eigenvalue weighted by Gasteiger charge is -2.38. The largest absolute Gasteiger partial charge is 0.444 e. The summed E-state index contributed by atoms with van der Waals surface area (Å²) < 4.78 is 13.5. The highest BCUT2D eigenvalue weighted by molar-refractivity contribution is 5.98. The van der Waals surface area contributed by atoms with Gasteiger partial charge in [-0.2, -0.15) is 0 Å². The molecule has 0 unspecified atom stereocenters. The second-order valence-corrected chi connectivity index (χ2v) is 11.0. The molecule has 2 aromatic heterocycles. The topological polar surface area (TPSA) is 95.2 Å². The van der Waals surface area contributed by atoms with Gasteiger partial charge in [0.2, 0.25) is 0 Å². The van der Waals surface area contributed by atoms with Gasteiger partial charge in [-0.15, -0.1) is 0 Å². The van der Waals surface area contributed by atoms with Crippen molar-refractivity contribution in [2.75, 3.05) is 44.6 Å². The highest BCUT2D eigenvalue weighted by Gasteiger charge is 2.30. The van der Waals surface area contributed by atoms with Crippen molar-refractivity contribution < 1.29 is 14.3 Å². The zero-order valence-electron chi connectivity index (χ0n) is 22.3. The van der Waals surface area contributed by atoms with Crippen LogP contribution in [0.25, 0.3) is 11.2 Å². The number of anilines is 1. The van der Waals surface area contributed by atoms with Crippen LogP contribution < -0.4 is 5.32 Å². The van der Waals surface area contributed by atoms with E-state index >= 15 is 0 Å². The summed E-state index contributed by atoms with van der Waals surface area (Å²) in [6.07, 6.45) is 5.54. The van der Waals surface area contributed by atoms with E-state index in [4.69, 9.17) is 14.9 Å². The van der Waals surface area contributed by atoms with Gasteiger partial charge < -0.3 is 30.0 Å². The number of ether oxygens (including phenoxy) is 2. The van der Waals surface area contributed by atoms with Crippen molar-refractivity contribution in [2.45, 2.75) is 65.2 Å². The van der Waals surface area contributed by atoms with Crippen LogP contribution in [-0.4, -0.2) is 88.1 Å². The quantitative estimate of drug-likeness (QED) is 0.580. The standard InChI is InChI=1S/C27H40N6O3/c1-18(2)24-14-29-25-23(13-20(19(3)28)15-33(24)25)30-21-7-9-31(10-8-21)16-22-17-32(11-12-35-22)26(34)36-27(4,5)6/h13-15,21-22,28,30H,1,7-12,16-17H2,2-6H3/t22-/m1/s1. The molecule has 0 aromatic carbocycles. The van der Waals surface area contributed by atoms with Gasteiger partial charge in [-0.25, -0.2) is 9.78 Å². The molecule has 0 radical (unpaired) electrons. The first-order valence-corrected chi connectivity index (χ1v) is 12.8. The number of rotatable bonds is 6. The van der Waals surface area contributed by atoms with Crippen LogP contribution in [0, 0.1) is 5.41 Å². The Kier molecular flexibility index (Phi) is 7.70. The van der Waals surface area contributed by atoms with Crippen LogP contribution in [0.3, 0.4) is 0 Å². The molecule has 0 aliphatic carbocycles. The highest BCUT2D eigenvalue weighted by atomic mass is 16.6. The Balaban J connectivity index is 1.35. The average molecular weight is 497 g/mol. The second-order valence-electron chi connectivity index (χ2n) is 11.0. The third kappa shape index (κ3) is 6.25. The number of morpholine rings is 1. The summed E-state index contributed by atoms with van der Waals surface area (Å²) in [4.78, 5) is 21.3. The van der Waals surface area contributed by atoms with E-state index in [1.165, 1.54) is 0 Å². The normalized spacial score (nSPS) is 19.9. The minimum Gasteiger partial charge on any atom is -0.444 e. The number of nitrogens with one attached hydrogen (secondary N) is 2. The van der Waals surface area contributed by atoms with Crippen molar-refractivity contribution in [3.8, 4) is 0 Å². The van der Waals surface area contributed by atoms with Crippen LogP contribution in [0.15, 0.2) is 25.0 Å². The van der Waals surface area contributed by atoms with Gasteiger partial charge >= 0.3 is 6.09 Å². The molecule has 0 bridgehead atoms. The van der Waals surface area contributed by atoms with Crippen molar-refractivity contribution in [3.63, 3.8) is 0 Å². The molecule has 196 valence electrons. The lowest BCUT2D eigenvalue weighted by molar-refractivity contribution is -0.0538. The van der Waals surface area contributed by atoms with Crippen LogP contribution in [0.5, 0.6) is 0 Å². The first kappa shape index (κ1) is 26.2. The number of fused-ring (bicyclic) bond motifs is 1. The summed E-state index contributed by atoms with van der Waals surface area (Å²) in [6, 6.07) is 2.35. The van der Waals surface area contributed by atoms with Gasteiger partial charge in [-0.3, -0.25) is 4.40 Å². The number of carbonyl (C=O) groups is 1. The Morgan fingerprint density at radius 3 is 2.64 bits per heavy atom. The van der Waals surface area contributed by atoms with E-state index in [1.54, 1.807) is 11.8 Å². The van der Waals surface area contributed by atoms with Gasteiger partial charge in [-0.1, -0.05) is 6.58 Å². The number of nitrogens with zero attached hydrogens (tertiary/aromatic N) is 4. The summed E-state index contributed by atoms with van der Waals surface area (Å²) in [5.74, 6) is 0. The van der Waals surface area contributed by atoms with E-state index in [0.717, 1.165) is 60.6 Å². The van der Waals surface area contributed by atoms with Gasteiger partial charge in [-0.05, 0) is 59.1 Å². The van der Waals surface area contributed by atoms with Crippen LogP contribution in [0.2, 0.25) is 0 Å². The van der Waals surface area contributed by atoms with Gasteiger partial charge in [0.15, 0.2) is 5.65 Å². The lowest BCUT2D eigenvalue weighted by Crippen LogP contribution is -2.52. The Hall–Kier alpha value is -2.91. The van der Waals surface area contributed by atoms with Crippen LogP contribution in [0.4, 0.5) is 10.5 Å². The Bertz CT molecular complexity index is 1130. The molecule has 9 nitrogen and oxygen atoms in total. The lowest BCUT2D eigenvalue weighted by atomic mass is 10.0. The molecule has 9 heteroatoms. The van der Waals surface area contributed by atoms with E-state index in [-0.39, 0.29) is 12.2 Å². The first-order valence-electron chi connectivity index (χ1n) is 12.8. The van der Waals surface area contributed by atoms with Crippen molar-refractivity contribution in [2.24, 2.45) is 0 Å². The van der Waals surface area contributed by atoms with E-state index < -0.39 is 5.60 Å². The minimum atomic E-state index is -0.495. The number of hydrogen-bond acceptors (Lipinski definition) is 7. The first-order chi connectivity index (χ1) is 17.0. The maximum atomic E-state index is 12.5. The summed E-state index contributed by atoms with van der Waals surface area (Å²) in [5, 5.41) is 11.9. The number of imidazole rings is 1. The summed E-state index contributed by atoms with van der Waals surface area (Å²) in [7, 11) is 0. The van der Waals surface area contributed by atoms with Crippen molar-refractivity contribution in [1.82, 2.24) is 19.2 Å². The Labute approximate surface area is 214 Å². The fraction of sp³-hybridized carbons (Fsp3) is 0.593. The van der Waals surface area contributed by atoms with E-state index in [9.17, 15) is 4.79 Å². The van der Waals surface area contributed by atoms with Crippen LogP contribution in [0.1, 0.15) is 58.7 Å². The molecule has 0 spiro atoms. The van der Waals surface area contributed by atoms with E-state index in [1.807, 2.05) is 50.6 Å². The third-order valence-electron chi connectivity index (χ3n) is 6.68. The van der Waals surface area contributed by atoms with E-state index in [0.29, 0.717) is 31.4 Å². The molecule has 2 aliphatic heterocycles. The van der Waals surface area contributed by atoms with Gasteiger partial charge in [0.1, 0.15) is 5.60 Å². The maximum absolute atomic E-state index is 12.5. The zero-order chi connectivity index (χ0) is 26.0. The average Bonchev–Trinajstić information content (AvgIpc) is 3.24. The maximum Gasteiger partial charge on any atom is 0.410 e. The SMILES string of the molecule is C=C(C)c1cnc2c(NC3CCN(C[C@@H]4CN(C(=O)OC(C)(C)C)CCO4)CC3)cc(C(C)=N)cn12. The van der Waals surface area contributed by atoms with Crippen molar-refractivity contribution in [1.29, 1.82) is 5.41 Å². The minimum absolute atomic E-state index is 0.00636. The predicted octanol–water partition coefficient (Wildman–Crippen LogP) is 4.27. The monoisotopic (exact) mass is 496 g/mol. The highest BCUT2D eigenvalue weighted by Crippen LogP contribution is 2.26. The van der Waals surface area contributed by atoms with Crippen molar-refractivity contribution >= 4 is 28.7 Å². The van der Waals surface area contributed by atoms with Gasteiger partial charge in [0.25, 0.3) is 0 Å². The summed E-state index contributed by atoms with van der Waals surface area (Å²) in [5.41, 5.74) is 4.60. The number of piperidine rings is 1. The number of carbonyl (C=O) groups excluding carboxylic acids is 1. The van der Waals surface area contributed by atoms with Gasteiger partial charge in [0, 0.05) is 49.7 Å². The molecule has 2 aromatic rings. The molecule has 4 rings (SSSR count). The molecule has 1 amide bonds. The Morgan fingerprint density at radius 2 is 2.00 bits per heavy atom. The number of likely N-dealkylation sites (tertiary alicyclic amines) is 1. The number of amides is 1. The molecule has 4 heterocycles.